The summed E-state index contributed by atoms with van der Waals surface area (Å²) in [6, 6.07) is 12.0. The summed E-state index contributed by atoms with van der Waals surface area (Å²) in [5, 5.41) is 0. The lowest BCUT2D eigenvalue weighted by Crippen LogP contribution is -2.22. The molecule has 0 aromatic heterocycles. The Kier molecular flexibility index (Phi) is 5.02. The van der Waals surface area contributed by atoms with E-state index in [2.05, 4.69) is 0 Å². The minimum Gasteiger partial charge on any atom is -0.170 e. The van der Waals surface area contributed by atoms with Gasteiger partial charge in [0.2, 0.25) is 0 Å². The Morgan fingerprint density at radius 3 is 2.00 bits per heavy atom. The molecule has 0 saturated carbocycles. The van der Waals surface area contributed by atoms with Gasteiger partial charge in [-0.1, -0.05) is 48.5 Å². The zero-order chi connectivity index (χ0) is 17.1. The van der Waals surface area contributed by atoms with Crippen LogP contribution in [0.15, 0.2) is 54.6 Å². The number of hydrogen-bond donors (Lipinski definition) is 0. The Balaban J connectivity index is 2.25. The summed E-state index contributed by atoms with van der Waals surface area (Å²) < 4.78 is 77.9. The second-order valence-electron chi connectivity index (χ2n) is 5.24. The Bertz CT molecular complexity index is 628. The molecular formula is C17H14F6. The van der Waals surface area contributed by atoms with E-state index < -0.39 is 23.8 Å². The first-order valence-electron chi connectivity index (χ1n) is 6.96. The molecule has 0 saturated heterocycles. The zero-order valence-corrected chi connectivity index (χ0v) is 12.0. The van der Waals surface area contributed by atoms with E-state index in [0.29, 0.717) is 11.6 Å². The summed E-state index contributed by atoms with van der Waals surface area (Å²) in [4.78, 5) is 0. The molecule has 1 atom stereocenters. The van der Waals surface area contributed by atoms with E-state index in [0.717, 1.165) is 18.2 Å². The summed E-state index contributed by atoms with van der Waals surface area (Å²) in [6.07, 6.45) is -9.42. The summed E-state index contributed by atoms with van der Waals surface area (Å²) in [7, 11) is 0. The summed E-state index contributed by atoms with van der Waals surface area (Å²) in [5.74, 6) is -1.93. The Morgan fingerprint density at radius 1 is 0.783 bits per heavy atom. The summed E-state index contributed by atoms with van der Waals surface area (Å²) >= 11 is 0. The SMILES string of the molecule is FC(F)(F)c1cccc(C(CCc2ccccc2)C(F)(F)F)c1. The van der Waals surface area contributed by atoms with Crippen LogP contribution in [0.3, 0.4) is 0 Å². The van der Waals surface area contributed by atoms with Crippen LogP contribution >= 0.6 is 0 Å². The average molecular weight is 332 g/mol. The molecule has 0 amide bonds. The fraction of sp³-hybridized carbons (Fsp3) is 0.294. The Morgan fingerprint density at radius 2 is 1.43 bits per heavy atom. The van der Waals surface area contributed by atoms with Gasteiger partial charge in [0.15, 0.2) is 0 Å². The first kappa shape index (κ1) is 17.4. The topological polar surface area (TPSA) is 0 Å². The van der Waals surface area contributed by atoms with Crippen molar-refractivity contribution in [2.45, 2.75) is 31.1 Å². The van der Waals surface area contributed by atoms with Gasteiger partial charge in [0, 0.05) is 0 Å². The van der Waals surface area contributed by atoms with Crippen molar-refractivity contribution in [3.63, 3.8) is 0 Å². The Labute approximate surface area is 129 Å². The molecule has 2 aromatic carbocycles. The molecule has 0 aliphatic rings. The minimum atomic E-state index is -4.66. The third-order valence-electron chi connectivity index (χ3n) is 3.58. The predicted octanol–water partition coefficient (Wildman–Crippen LogP) is 5.98. The fourth-order valence-electron chi connectivity index (χ4n) is 2.41. The van der Waals surface area contributed by atoms with Gasteiger partial charge in [-0.15, -0.1) is 0 Å². The first-order chi connectivity index (χ1) is 10.7. The largest absolute Gasteiger partial charge is 0.416 e. The lowest BCUT2D eigenvalue weighted by Gasteiger charge is -2.21. The van der Waals surface area contributed by atoms with Crippen molar-refractivity contribution >= 4 is 0 Å². The lowest BCUT2D eigenvalue weighted by atomic mass is 9.90. The lowest BCUT2D eigenvalue weighted by molar-refractivity contribution is -0.152. The van der Waals surface area contributed by atoms with E-state index in [-0.39, 0.29) is 18.4 Å². The van der Waals surface area contributed by atoms with Crippen LogP contribution < -0.4 is 0 Å². The molecule has 0 bridgehead atoms. The number of rotatable bonds is 4. The highest BCUT2D eigenvalue weighted by molar-refractivity contribution is 5.29. The van der Waals surface area contributed by atoms with Gasteiger partial charge in [-0.25, -0.2) is 0 Å². The fourth-order valence-corrected chi connectivity index (χ4v) is 2.41. The third kappa shape index (κ3) is 4.74. The first-order valence-corrected chi connectivity index (χ1v) is 6.96. The summed E-state index contributed by atoms with van der Waals surface area (Å²) in [5.41, 5.74) is -0.707. The maximum absolute atomic E-state index is 13.3. The normalized spacial score (nSPS) is 13.8. The second kappa shape index (κ2) is 6.64. The maximum atomic E-state index is 13.3. The van der Waals surface area contributed by atoms with Gasteiger partial charge < -0.3 is 0 Å². The minimum absolute atomic E-state index is 0.140. The van der Waals surface area contributed by atoms with Crippen LogP contribution in [0, 0.1) is 0 Å². The van der Waals surface area contributed by atoms with Crippen molar-refractivity contribution in [1.29, 1.82) is 0 Å². The maximum Gasteiger partial charge on any atom is 0.416 e. The number of halogens is 6. The van der Waals surface area contributed by atoms with Crippen molar-refractivity contribution in [2.24, 2.45) is 0 Å². The zero-order valence-electron chi connectivity index (χ0n) is 12.0. The van der Waals surface area contributed by atoms with Gasteiger partial charge in [0.05, 0.1) is 11.5 Å². The van der Waals surface area contributed by atoms with Gasteiger partial charge in [-0.3, -0.25) is 0 Å². The van der Waals surface area contributed by atoms with Crippen LogP contribution in [0.25, 0.3) is 0 Å². The summed E-state index contributed by atoms with van der Waals surface area (Å²) in [6.45, 7) is 0. The highest BCUT2D eigenvalue weighted by atomic mass is 19.4. The van der Waals surface area contributed by atoms with Crippen LogP contribution in [-0.4, -0.2) is 6.18 Å². The molecule has 2 aromatic rings. The molecule has 0 N–H and O–H groups in total. The van der Waals surface area contributed by atoms with E-state index in [1.807, 2.05) is 0 Å². The molecule has 0 spiro atoms. The van der Waals surface area contributed by atoms with Crippen molar-refractivity contribution in [1.82, 2.24) is 0 Å². The molecular weight excluding hydrogens is 318 g/mol. The van der Waals surface area contributed by atoms with E-state index in [1.54, 1.807) is 30.3 Å². The molecule has 0 aliphatic carbocycles. The van der Waals surface area contributed by atoms with E-state index in [4.69, 9.17) is 0 Å². The Hall–Kier alpha value is -1.98. The molecule has 0 radical (unpaired) electrons. The monoisotopic (exact) mass is 332 g/mol. The van der Waals surface area contributed by atoms with Crippen LogP contribution in [0.1, 0.15) is 29.0 Å². The molecule has 0 nitrogen and oxygen atoms in total. The van der Waals surface area contributed by atoms with Gasteiger partial charge >= 0.3 is 12.4 Å². The van der Waals surface area contributed by atoms with Crippen LogP contribution in [-0.2, 0) is 12.6 Å². The van der Waals surface area contributed by atoms with E-state index in [9.17, 15) is 26.3 Å². The van der Waals surface area contributed by atoms with Crippen molar-refractivity contribution in [3.05, 3.63) is 71.3 Å². The molecule has 2 rings (SSSR count). The number of alkyl halides is 6. The van der Waals surface area contributed by atoms with Crippen LogP contribution in [0.2, 0.25) is 0 Å². The highest BCUT2D eigenvalue weighted by Gasteiger charge is 2.41. The highest BCUT2D eigenvalue weighted by Crippen LogP contribution is 2.40. The van der Waals surface area contributed by atoms with Gasteiger partial charge in [-0.2, -0.15) is 26.3 Å². The molecule has 0 heterocycles. The molecule has 6 heteroatoms. The molecule has 0 aliphatic heterocycles. The van der Waals surface area contributed by atoms with Crippen LogP contribution in [0.4, 0.5) is 26.3 Å². The van der Waals surface area contributed by atoms with Crippen molar-refractivity contribution in [2.75, 3.05) is 0 Å². The van der Waals surface area contributed by atoms with E-state index in [1.165, 1.54) is 0 Å². The number of hydrogen-bond acceptors (Lipinski definition) is 0. The predicted molar refractivity (Wildman–Crippen MR) is 75.0 cm³/mol. The smallest absolute Gasteiger partial charge is 0.170 e. The number of aryl methyl sites for hydroxylation is 1. The van der Waals surface area contributed by atoms with E-state index >= 15 is 0 Å². The third-order valence-corrected chi connectivity index (χ3v) is 3.58. The molecule has 1 unspecified atom stereocenters. The molecule has 0 fully saturated rings. The van der Waals surface area contributed by atoms with Crippen molar-refractivity contribution < 1.29 is 26.3 Å². The van der Waals surface area contributed by atoms with Crippen LogP contribution in [0.5, 0.6) is 0 Å². The molecule has 124 valence electrons. The standard InChI is InChI=1S/C17H14F6/c18-16(19,20)14-8-4-7-13(11-14)15(17(21,22)23)10-9-12-5-2-1-3-6-12/h1-8,11,15H,9-10H2. The number of benzene rings is 2. The average Bonchev–Trinajstić information content (AvgIpc) is 2.46. The van der Waals surface area contributed by atoms with Crippen molar-refractivity contribution in [3.8, 4) is 0 Å². The van der Waals surface area contributed by atoms with Gasteiger partial charge in [0.25, 0.3) is 0 Å². The molecule has 23 heavy (non-hydrogen) atoms. The quantitative estimate of drug-likeness (QED) is 0.604. The van der Waals surface area contributed by atoms with Gasteiger partial charge in [0.1, 0.15) is 0 Å². The van der Waals surface area contributed by atoms with Gasteiger partial charge in [-0.05, 0) is 30.0 Å². The second-order valence-corrected chi connectivity index (χ2v) is 5.24.